The molecular formula is C22H29N5O3S. The molecule has 9 heteroatoms. The van der Waals surface area contributed by atoms with Gasteiger partial charge >= 0.3 is 0 Å². The Balaban J connectivity index is 1.50. The van der Waals surface area contributed by atoms with Gasteiger partial charge in [-0.15, -0.1) is 0 Å². The third-order valence-corrected chi connectivity index (χ3v) is 7.76. The number of sulfonamides is 1. The van der Waals surface area contributed by atoms with Crippen LogP contribution >= 0.6 is 0 Å². The molecule has 1 aliphatic heterocycles. The molecule has 1 saturated heterocycles. The van der Waals surface area contributed by atoms with Gasteiger partial charge < -0.3 is 14.9 Å². The molecule has 0 bridgehead atoms. The summed E-state index contributed by atoms with van der Waals surface area (Å²) in [6, 6.07) is 7.05. The molecule has 4 heterocycles. The predicted octanol–water partition coefficient (Wildman–Crippen LogP) is 3.00. The highest BCUT2D eigenvalue weighted by atomic mass is 32.2. The number of nitrogens with zero attached hydrogens (tertiary/aromatic N) is 3. The fourth-order valence-electron chi connectivity index (χ4n) is 4.24. The summed E-state index contributed by atoms with van der Waals surface area (Å²) >= 11 is 0. The molecule has 0 saturated carbocycles. The average Bonchev–Trinajstić information content (AvgIpc) is 3.31. The highest BCUT2D eigenvalue weighted by Gasteiger charge is 2.33. The molecule has 1 fully saturated rings. The van der Waals surface area contributed by atoms with Gasteiger partial charge in [-0.3, -0.25) is 4.79 Å². The molecule has 1 amide bonds. The molecular weight excluding hydrogens is 414 g/mol. The van der Waals surface area contributed by atoms with Crippen LogP contribution < -0.4 is 5.32 Å². The van der Waals surface area contributed by atoms with Gasteiger partial charge in [0.05, 0.1) is 0 Å². The number of pyridine rings is 1. The van der Waals surface area contributed by atoms with Crippen LogP contribution in [-0.2, 0) is 17.1 Å². The summed E-state index contributed by atoms with van der Waals surface area (Å²) in [4.78, 5) is 20.1. The maximum absolute atomic E-state index is 13.3. The van der Waals surface area contributed by atoms with Crippen LogP contribution in [0.25, 0.3) is 11.0 Å². The summed E-state index contributed by atoms with van der Waals surface area (Å²) in [5.74, 6) is -0.00552. The molecule has 0 aromatic carbocycles. The van der Waals surface area contributed by atoms with Crippen molar-refractivity contribution in [1.29, 1.82) is 0 Å². The van der Waals surface area contributed by atoms with Crippen LogP contribution in [0.3, 0.4) is 0 Å². The number of aromatic amines is 1. The average molecular weight is 444 g/mol. The van der Waals surface area contributed by atoms with Crippen LogP contribution in [0.5, 0.6) is 0 Å². The minimum Gasteiger partial charge on any atom is -0.346 e. The first kappa shape index (κ1) is 21.6. The topological polar surface area (TPSA) is 100 Å². The van der Waals surface area contributed by atoms with E-state index in [0.717, 1.165) is 23.9 Å². The lowest BCUT2D eigenvalue weighted by molar-refractivity contribution is 0.0910. The van der Waals surface area contributed by atoms with Crippen molar-refractivity contribution in [2.24, 2.45) is 7.05 Å². The summed E-state index contributed by atoms with van der Waals surface area (Å²) < 4.78 is 29.6. The summed E-state index contributed by atoms with van der Waals surface area (Å²) in [6.07, 6.45) is 5.23. The second kappa shape index (κ2) is 7.80. The number of aromatic nitrogens is 3. The molecule has 31 heavy (non-hydrogen) atoms. The Bertz CT molecular complexity index is 1210. The van der Waals surface area contributed by atoms with E-state index in [1.807, 2.05) is 39.1 Å². The van der Waals surface area contributed by atoms with Crippen molar-refractivity contribution >= 4 is 27.0 Å². The van der Waals surface area contributed by atoms with E-state index >= 15 is 0 Å². The molecule has 2 N–H and O–H groups in total. The highest BCUT2D eigenvalue weighted by Crippen LogP contribution is 2.34. The number of carbonyl (C=O) groups is 1. The molecule has 4 rings (SSSR count). The summed E-state index contributed by atoms with van der Waals surface area (Å²) in [6.45, 7) is 6.54. The van der Waals surface area contributed by atoms with Gasteiger partial charge in [0.2, 0.25) is 0 Å². The first-order valence-electron chi connectivity index (χ1n) is 10.5. The van der Waals surface area contributed by atoms with Crippen LogP contribution in [0.4, 0.5) is 0 Å². The molecule has 3 aromatic rings. The van der Waals surface area contributed by atoms with E-state index in [1.54, 1.807) is 19.3 Å². The number of hydrogen-bond acceptors (Lipinski definition) is 4. The number of nitrogens with one attached hydrogen (secondary N) is 2. The van der Waals surface area contributed by atoms with Crippen LogP contribution in [-0.4, -0.2) is 51.8 Å². The van der Waals surface area contributed by atoms with Gasteiger partial charge in [-0.2, -0.15) is 4.31 Å². The van der Waals surface area contributed by atoms with E-state index < -0.39 is 15.6 Å². The number of fused-ring (bicyclic) bond motifs is 1. The minimum absolute atomic E-state index is 0.140. The molecule has 0 spiro atoms. The third-order valence-electron chi connectivity index (χ3n) is 5.78. The summed E-state index contributed by atoms with van der Waals surface area (Å²) in [7, 11) is -2.07. The fourth-order valence-corrected chi connectivity index (χ4v) is 5.88. The van der Waals surface area contributed by atoms with Gasteiger partial charge in [-0.05, 0) is 69.4 Å². The van der Waals surface area contributed by atoms with E-state index in [9.17, 15) is 13.2 Å². The van der Waals surface area contributed by atoms with Crippen molar-refractivity contribution in [3.05, 3.63) is 47.9 Å². The van der Waals surface area contributed by atoms with Gasteiger partial charge in [0.25, 0.3) is 15.9 Å². The predicted molar refractivity (Wildman–Crippen MR) is 119 cm³/mol. The van der Waals surface area contributed by atoms with E-state index in [0.29, 0.717) is 18.8 Å². The number of carbonyl (C=O) groups excluding carboxylic acids is 1. The number of piperidine rings is 1. The van der Waals surface area contributed by atoms with Crippen molar-refractivity contribution in [3.63, 3.8) is 0 Å². The Labute approximate surface area is 182 Å². The van der Waals surface area contributed by atoms with Gasteiger partial charge in [-0.1, -0.05) is 0 Å². The lowest BCUT2D eigenvalue weighted by atomic mass is 9.90. The van der Waals surface area contributed by atoms with Gasteiger partial charge in [0.15, 0.2) is 5.03 Å². The monoisotopic (exact) mass is 443 g/mol. The second-order valence-electron chi connectivity index (χ2n) is 9.14. The number of amides is 1. The van der Waals surface area contributed by atoms with Crippen molar-refractivity contribution in [3.8, 4) is 0 Å². The van der Waals surface area contributed by atoms with Gasteiger partial charge in [0.1, 0.15) is 11.3 Å². The third kappa shape index (κ3) is 4.12. The first-order valence-corrected chi connectivity index (χ1v) is 11.9. The normalized spacial score (nSPS) is 16.6. The largest absolute Gasteiger partial charge is 0.346 e. The second-order valence-corrected chi connectivity index (χ2v) is 11.0. The molecule has 0 radical (unpaired) electrons. The quantitative estimate of drug-likeness (QED) is 0.647. The zero-order valence-electron chi connectivity index (χ0n) is 18.3. The SMILES string of the molecule is Cn1c(C(=O)NC(C)(C)C)ccc1S(=O)(=O)N1CCC(c2c[nH]c3ncccc23)CC1. The standard InChI is InChI=1S/C22H29N5O3S/c1-22(2,3)25-21(28)18-7-8-19(26(18)4)31(29,30)27-12-9-15(10-13-27)17-14-24-20-16(17)6-5-11-23-20/h5-8,11,14-15H,9-10,12-13H2,1-4H3,(H,23,24)(H,25,28). The fraction of sp³-hybridized carbons (Fsp3) is 0.455. The van der Waals surface area contributed by atoms with Crippen molar-refractivity contribution < 1.29 is 13.2 Å². The Morgan fingerprint density at radius 2 is 1.90 bits per heavy atom. The maximum Gasteiger partial charge on any atom is 0.268 e. The molecule has 0 atom stereocenters. The van der Waals surface area contributed by atoms with Crippen LogP contribution in [0.1, 0.15) is 55.6 Å². The van der Waals surface area contributed by atoms with E-state index in [4.69, 9.17) is 0 Å². The number of H-pyrrole nitrogens is 1. The maximum atomic E-state index is 13.3. The molecule has 1 aliphatic rings. The minimum atomic E-state index is -3.69. The van der Waals surface area contributed by atoms with Crippen molar-refractivity contribution in [2.75, 3.05) is 13.1 Å². The van der Waals surface area contributed by atoms with Gasteiger partial charge in [0, 0.05) is 43.5 Å². The number of hydrogen-bond donors (Lipinski definition) is 2. The highest BCUT2D eigenvalue weighted by molar-refractivity contribution is 7.89. The van der Waals surface area contributed by atoms with Crippen LogP contribution in [0, 0.1) is 0 Å². The Kier molecular flexibility index (Phi) is 5.43. The van der Waals surface area contributed by atoms with Gasteiger partial charge in [-0.25, -0.2) is 13.4 Å². The van der Waals surface area contributed by atoms with Crippen LogP contribution in [0.2, 0.25) is 0 Å². The molecule has 166 valence electrons. The zero-order valence-corrected chi connectivity index (χ0v) is 19.2. The summed E-state index contributed by atoms with van der Waals surface area (Å²) in [5.41, 5.74) is 1.98. The number of rotatable bonds is 4. The Morgan fingerprint density at radius 1 is 1.19 bits per heavy atom. The molecule has 0 aliphatic carbocycles. The first-order chi connectivity index (χ1) is 14.6. The van der Waals surface area contributed by atoms with E-state index in [-0.39, 0.29) is 16.9 Å². The van der Waals surface area contributed by atoms with E-state index in [2.05, 4.69) is 15.3 Å². The van der Waals surface area contributed by atoms with Crippen molar-refractivity contribution in [2.45, 2.75) is 50.1 Å². The smallest absolute Gasteiger partial charge is 0.268 e. The lowest BCUT2D eigenvalue weighted by Gasteiger charge is -2.31. The zero-order chi connectivity index (χ0) is 22.4. The Morgan fingerprint density at radius 3 is 2.58 bits per heavy atom. The molecule has 8 nitrogen and oxygen atoms in total. The molecule has 0 unspecified atom stereocenters. The summed E-state index contributed by atoms with van der Waals surface area (Å²) in [5, 5.41) is 4.12. The molecule has 3 aromatic heterocycles. The van der Waals surface area contributed by atoms with Crippen molar-refractivity contribution in [1.82, 2.24) is 24.2 Å². The lowest BCUT2D eigenvalue weighted by Crippen LogP contribution is -2.41. The van der Waals surface area contributed by atoms with Crippen LogP contribution in [0.15, 0.2) is 41.7 Å². The van der Waals surface area contributed by atoms with E-state index in [1.165, 1.54) is 20.5 Å². The Hall–Kier alpha value is -2.65.